The summed E-state index contributed by atoms with van der Waals surface area (Å²) < 4.78 is 5.40. The number of nitrogens with one attached hydrogen (secondary N) is 1. The second-order valence-electron chi connectivity index (χ2n) is 7.02. The third-order valence-corrected chi connectivity index (χ3v) is 5.05. The molecule has 0 amide bonds. The molecule has 1 saturated heterocycles. The van der Waals surface area contributed by atoms with E-state index in [9.17, 15) is 5.11 Å². The Balaban J connectivity index is 1.93. The molecule has 0 spiro atoms. The number of methoxy groups -OCH3 is 1. The molecule has 0 saturated carbocycles. The van der Waals surface area contributed by atoms with Gasteiger partial charge in [-0.2, -0.15) is 0 Å². The zero-order valence-corrected chi connectivity index (χ0v) is 15.3. The van der Waals surface area contributed by atoms with E-state index in [0.29, 0.717) is 18.0 Å². The first kappa shape index (κ1) is 19.4. The van der Waals surface area contributed by atoms with E-state index < -0.39 is 0 Å². The van der Waals surface area contributed by atoms with Crippen molar-refractivity contribution in [2.75, 3.05) is 33.4 Å². The number of nitrogens with zero attached hydrogens (tertiary/aromatic N) is 1. The van der Waals surface area contributed by atoms with Crippen molar-refractivity contribution in [3.8, 4) is 0 Å². The summed E-state index contributed by atoms with van der Waals surface area (Å²) in [6.07, 6.45) is 4.60. The number of ether oxygens (including phenoxy) is 1. The van der Waals surface area contributed by atoms with Gasteiger partial charge in [-0.15, -0.1) is 0 Å². The molecule has 4 heteroatoms. The maximum absolute atomic E-state index is 9.77. The molecule has 0 unspecified atom stereocenters. The van der Waals surface area contributed by atoms with Gasteiger partial charge in [-0.1, -0.05) is 50.1 Å². The summed E-state index contributed by atoms with van der Waals surface area (Å²) in [6.45, 7) is 6.27. The minimum Gasteiger partial charge on any atom is -0.396 e. The standard InChI is InChI=1S/C20H34N2O2/c1-3-4-10-19(16-24-2)21-20-14-22(12-11-18(20)15-23)13-17-8-6-5-7-9-17/h5-9,18-21,23H,3-4,10-16H2,1-2H3/t18-,19+,20+/m0/s1. The van der Waals surface area contributed by atoms with Crippen LogP contribution < -0.4 is 5.32 Å². The number of aliphatic hydroxyl groups excluding tert-OH is 1. The highest BCUT2D eigenvalue weighted by Gasteiger charge is 2.30. The second kappa shape index (κ2) is 10.8. The predicted molar refractivity (Wildman–Crippen MR) is 99.0 cm³/mol. The number of aliphatic hydroxyl groups is 1. The molecule has 136 valence electrons. The van der Waals surface area contributed by atoms with Gasteiger partial charge >= 0.3 is 0 Å². The van der Waals surface area contributed by atoms with Crippen LogP contribution in [0.15, 0.2) is 30.3 Å². The number of rotatable bonds is 10. The van der Waals surface area contributed by atoms with Crippen molar-refractivity contribution >= 4 is 0 Å². The normalized spacial score (nSPS) is 23.3. The summed E-state index contributed by atoms with van der Waals surface area (Å²) in [4.78, 5) is 2.50. The van der Waals surface area contributed by atoms with Crippen LogP contribution in [0.25, 0.3) is 0 Å². The molecule has 24 heavy (non-hydrogen) atoms. The number of likely N-dealkylation sites (tertiary alicyclic amines) is 1. The number of hydrogen-bond acceptors (Lipinski definition) is 4. The van der Waals surface area contributed by atoms with E-state index in [2.05, 4.69) is 47.5 Å². The summed E-state index contributed by atoms with van der Waals surface area (Å²) in [6, 6.07) is 11.4. The molecular weight excluding hydrogens is 300 g/mol. The Bertz CT molecular complexity index is 441. The van der Waals surface area contributed by atoms with E-state index in [4.69, 9.17) is 4.74 Å². The molecule has 0 aromatic heterocycles. The molecular formula is C20H34N2O2. The van der Waals surface area contributed by atoms with Gasteiger partial charge in [-0.05, 0) is 30.9 Å². The highest BCUT2D eigenvalue weighted by Crippen LogP contribution is 2.20. The molecule has 1 heterocycles. The highest BCUT2D eigenvalue weighted by atomic mass is 16.5. The molecule has 0 aliphatic carbocycles. The number of unbranched alkanes of at least 4 members (excludes halogenated alkanes) is 1. The lowest BCUT2D eigenvalue weighted by molar-refractivity contribution is 0.0726. The van der Waals surface area contributed by atoms with Crippen molar-refractivity contribution in [1.82, 2.24) is 10.2 Å². The maximum atomic E-state index is 9.77. The quantitative estimate of drug-likeness (QED) is 0.690. The third kappa shape index (κ3) is 6.17. The molecule has 0 bridgehead atoms. The molecule has 2 N–H and O–H groups in total. The first-order valence-electron chi connectivity index (χ1n) is 9.39. The average molecular weight is 335 g/mol. The Labute approximate surface area is 147 Å². The molecule has 1 aromatic carbocycles. The summed E-state index contributed by atoms with van der Waals surface area (Å²) in [7, 11) is 1.77. The van der Waals surface area contributed by atoms with Crippen LogP contribution in [0, 0.1) is 5.92 Å². The first-order valence-corrected chi connectivity index (χ1v) is 9.39. The van der Waals surface area contributed by atoms with E-state index in [0.717, 1.165) is 39.1 Å². The second-order valence-corrected chi connectivity index (χ2v) is 7.02. The highest BCUT2D eigenvalue weighted by molar-refractivity contribution is 5.14. The molecule has 4 nitrogen and oxygen atoms in total. The van der Waals surface area contributed by atoms with Gasteiger partial charge in [0, 0.05) is 38.9 Å². The van der Waals surface area contributed by atoms with Crippen LogP contribution in [0.2, 0.25) is 0 Å². The largest absolute Gasteiger partial charge is 0.396 e. The fourth-order valence-electron chi connectivity index (χ4n) is 3.63. The van der Waals surface area contributed by atoms with Gasteiger partial charge in [0.05, 0.1) is 6.61 Å². The number of piperidine rings is 1. The summed E-state index contributed by atoms with van der Waals surface area (Å²) in [5, 5.41) is 13.5. The van der Waals surface area contributed by atoms with E-state index in [1.165, 1.54) is 18.4 Å². The van der Waals surface area contributed by atoms with Crippen LogP contribution in [0.1, 0.15) is 38.2 Å². The van der Waals surface area contributed by atoms with E-state index >= 15 is 0 Å². The average Bonchev–Trinajstić information content (AvgIpc) is 2.61. The van der Waals surface area contributed by atoms with E-state index in [1.54, 1.807) is 7.11 Å². The fourth-order valence-corrected chi connectivity index (χ4v) is 3.63. The smallest absolute Gasteiger partial charge is 0.0615 e. The summed E-state index contributed by atoms with van der Waals surface area (Å²) in [5.74, 6) is 0.345. The first-order chi connectivity index (χ1) is 11.8. The zero-order valence-electron chi connectivity index (χ0n) is 15.3. The lowest BCUT2D eigenvalue weighted by Crippen LogP contribution is -2.55. The SMILES string of the molecule is CCCC[C@H](COC)N[C@@H]1CN(Cc2ccccc2)CC[C@H]1CO. The van der Waals surface area contributed by atoms with Gasteiger partial charge in [0.25, 0.3) is 0 Å². The van der Waals surface area contributed by atoms with Gasteiger partial charge in [0.15, 0.2) is 0 Å². The zero-order chi connectivity index (χ0) is 17.2. The molecule has 1 aliphatic heterocycles. The molecule has 3 atom stereocenters. The van der Waals surface area contributed by atoms with E-state index in [-0.39, 0.29) is 6.61 Å². The fraction of sp³-hybridized carbons (Fsp3) is 0.700. The Hall–Kier alpha value is -0.940. The summed E-state index contributed by atoms with van der Waals surface area (Å²) in [5.41, 5.74) is 1.36. The number of benzene rings is 1. The third-order valence-electron chi connectivity index (χ3n) is 5.05. The predicted octanol–water partition coefficient (Wildman–Crippen LogP) is 2.66. The van der Waals surface area contributed by atoms with Gasteiger partial charge in [0.2, 0.25) is 0 Å². The van der Waals surface area contributed by atoms with Crippen molar-refractivity contribution in [2.24, 2.45) is 5.92 Å². The minimum atomic E-state index is 0.268. The molecule has 1 fully saturated rings. The van der Waals surface area contributed by atoms with Crippen LogP contribution >= 0.6 is 0 Å². The minimum absolute atomic E-state index is 0.268. The topological polar surface area (TPSA) is 44.7 Å². The number of hydrogen-bond donors (Lipinski definition) is 2. The van der Waals surface area contributed by atoms with Gasteiger partial charge < -0.3 is 15.2 Å². The van der Waals surface area contributed by atoms with Crippen molar-refractivity contribution in [1.29, 1.82) is 0 Å². The Kier molecular flexibility index (Phi) is 8.75. The molecule has 1 aromatic rings. The lowest BCUT2D eigenvalue weighted by atomic mass is 9.91. The van der Waals surface area contributed by atoms with Crippen LogP contribution in [-0.4, -0.2) is 55.5 Å². The van der Waals surface area contributed by atoms with Crippen LogP contribution in [0.4, 0.5) is 0 Å². The lowest BCUT2D eigenvalue weighted by Gasteiger charge is -2.40. The maximum Gasteiger partial charge on any atom is 0.0615 e. The Morgan fingerprint density at radius 1 is 1.33 bits per heavy atom. The van der Waals surface area contributed by atoms with Crippen LogP contribution in [0.3, 0.4) is 0 Å². The Morgan fingerprint density at radius 2 is 2.12 bits per heavy atom. The molecule has 0 radical (unpaired) electrons. The van der Waals surface area contributed by atoms with Gasteiger partial charge in [0.1, 0.15) is 0 Å². The van der Waals surface area contributed by atoms with Gasteiger partial charge in [-0.25, -0.2) is 0 Å². The van der Waals surface area contributed by atoms with Crippen molar-refractivity contribution in [2.45, 2.75) is 51.2 Å². The van der Waals surface area contributed by atoms with Crippen molar-refractivity contribution in [3.05, 3.63) is 35.9 Å². The molecule has 2 rings (SSSR count). The monoisotopic (exact) mass is 334 g/mol. The van der Waals surface area contributed by atoms with Crippen molar-refractivity contribution < 1.29 is 9.84 Å². The summed E-state index contributed by atoms with van der Waals surface area (Å²) >= 11 is 0. The van der Waals surface area contributed by atoms with Crippen LogP contribution in [-0.2, 0) is 11.3 Å². The van der Waals surface area contributed by atoms with Crippen LogP contribution in [0.5, 0.6) is 0 Å². The van der Waals surface area contributed by atoms with E-state index in [1.807, 2.05) is 0 Å². The van der Waals surface area contributed by atoms with Crippen molar-refractivity contribution in [3.63, 3.8) is 0 Å². The Morgan fingerprint density at radius 3 is 2.79 bits per heavy atom. The molecule has 1 aliphatic rings. The van der Waals surface area contributed by atoms with Gasteiger partial charge in [-0.3, -0.25) is 4.90 Å².